The van der Waals surface area contributed by atoms with Crippen LogP contribution in [0.5, 0.6) is 5.75 Å². The lowest BCUT2D eigenvalue weighted by Crippen LogP contribution is -2.67. The van der Waals surface area contributed by atoms with E-state index in [9.17, 15) is 29.7 Å². The van der Waals surface area contributed by atoms with Crippen molar-refractivity contribution in [3.05, 3.63) is 64.2 Å². The van der Waals surface area contributed by atoms with E-state index < -0.39 is 52.1 Å². The van der Waals surface area contributed by atoms with Gasteiger partial charge in [0, 0.05) is 24.5 Å². The van der Waals surface area contributed by atoms with Crippen LogP contribution >= 0.6 is 0 Å². The number of hydrogen-bond acceptors (Lipinski definition) is 9. The van der Waals surface area contributed by atoms with Crippen molar-refractivity contribution in [2.75, 3.05) is 7.11 Å². The van der Waals surface area contributed by atoms with E-state index in [-0.39, 0.29) is 29.9 Å². The Morgan fingerprint density at radius 1 is 1.10 bits per heavy atom. The van der Waals surface area contributed by atoms with Crippen molar-refractivity contribution < 1.29 is 38.8 Å². The fourth-order valence-corrected chi connectivity index (χ4v) is 5.72. The molecule has 0 spiro atoms. The number of Topliss-reactive ketones (excluding diaryl/α,β-unsaturated/α-hetero) is 1. The van der Waals surface area contributed by atoms with Gasteiger partial charge in [0.2, 0.25) is 5.60 Å². The fraction of sp³-hybridized carbons (Fsp3) is 0.409. The molecule has 0 amide bonds. The average molecular weight is 428 g/mol. The monoisotopic (exact) mass is 428 g/mol. The maximum atomic E-state index is 13.5. The zero-order chi connectivity index (χ0) is 22.2. The van der Waals surface area contributed by atoms with E-state index in [0.29, 0.717) is 0 Å². The predicted octanol–water partition coefficient (Wildman–Crippen LogP) is 0.157. The van der Waals surface area contributed by atoms with Gasteiger partial charge in [0.05, 0.1) is 30.6 Å². The zero-order valence-corrected chi connectivity index (χ0v) is 16.5. The smallest absolute Gasteiger partial charge is 0.342 e. The van der Waals surface area contributed by atoms with Crippen LogP contribution in [-0.2, 0) is 9.53 Å². The molecule has 1 aromatic carbocycles. The summed E-state index contributed by atoms with van der Waals surface area (Å²) >= 11 is 0. The van der Waals surface area contributed by atoms with Gasteiger partial charge < -0.3 is 29.2 Å². The van der Waals surface area contributed by atoms with Crippen molar-refractivity contribution in [2.24, 2.45) is 5.92 Å². The SMILES string of the molecule is COc1cc(C2C3(O)CC4CC2(O)[C@](O)(C(=O)O4)[C@@H]3C(=O)c2ccccc2)oc(=O)c1. The summed E-state index contributed by atoms with van der Waals surface area (Å²) in [6.07, 6.45) is -1.37. The van der Waals surface area contributed by atoms with Gasteiger partial charge in [-0.3, -0.25) is 4.79 Å². The molecule has 9 nitrogen and oxygen atoms in total. The van der Waals surface area contributed by atoms with Crippen LogP contribution in [0.25, 0.3) is 0 Å². The minimum Gasteiger partial charge on any atom is -0.496 e. The number of methoxy groups -OCH3 is 1. The first-order valence-electron chi connectivity index (χ1n) is 9.81. The Kier molecular flexibility index (Phi) is 4.02. The first-order valence-corrected chi connectivity index (χ1v) is 9.81. The van der Waals surface area contributed by atoms with Crippen LogP contribution in [0.4, 0.5) is 0 Å². The number of ether oxygens (including phenoxy) is 2. The number of esters is 1. The topological polar surface area (TPSA) is 144 Å². The first-order chi connectivity index (χ1) is 14.6. The summed E-state index contributed by atoms with van der Waals surface area (Å²) in [6, 6.07) is 10.2. The van der Waals surface area contributed by atoms with Gasteiger partial charge in [-0.05, 0) is 0 Å². The molecular weight excluding hydrogens is 408 g/mol. The van der Waals surface area contributed by atoms with E-state index in [1.807, 2.05) is 0 Å². The Hall–Kier alpha value is -3.01. The molecule has 4 unspecified atom stereocenters. The number of hydrogen-bond donors (Lipinski definition) is 3. The molecule has 3 fully saturated rings. The quantitative estimate of drug-likeness (QED) is 0.458. The summed E-state index contributed by atoms with van der Waals surface area (Å²) in [4.78, 5) is 38.4. The van der Waals surface area contributed by atoms with Crippen LogP contribution in [0.3, 0.4) is 0 Å². The summed E-state index contributed by atoms with van der Waals surface area (Å²) in [5, 5.41) is 35.1. The fourth-order valence-electron chi connectivity index (χ4n) is 5.72. The molecule has 0 radical (unpaired) electrons. The van der Waals surface area contributed by atoms with Crippen LogP contribution in [0, 0.1) is 5.92 Å². The lowest BCUT2D eigenvalue weighted by Gasteiger charge is -2.49. The number of rotatable bonds is 4. The molecule has 2 aliphatic carbocycles. The molecule has 3 N–H and O–H groups in total. The lowest BCUT2D eigenvalue weighted by molar-refractivity contribution is -0.234. The number of carbonyl (C=O) groups is 2. The minimum absolute atomic E-state index is 0.106. The normalized spacial score (nSPS) is 38.1. The second-order valence-electron chi connectivity index (χ2n) is 8.43. The Labute approximate surface area is 175 Å². The van der Waals surface area contributed by atoms with Crippen LogP contribution in [0.1, 0.15) is 34.9 Å². The summed E-state index contributed by atoms with van der Waals surface area (Å²) < 4.78 is 15.6. The summed E-state index contributed by atoms with van der Waals surface area (Å²) in [7, 11) is 1.33. The van der Waals surface area contributed by atoms with Gasteiger partial charge in [0.1, 0.15) is 23.2 Å². The van der Waals surface area contributed by atoms with Crippen molar-refractivity contribution in [3.63, 3.8) is 0 Å². The van der Waals surface area contributed by atoms with Crippen molar-refractivity contribution in [2.45, 2.75) is 41.7 Å². The molecule has 3 bridgehead atoms. The molecule has 9 heteroatoms. The van der Waals surface area contributed by atoms with Crippen LogP contribution in [0.15, 0.2) is 51.7 Å². The molecule has 6 atom stereocenters. The second-order valence-corrected chi connectivity index (χ2v) is 8.43. The molecule has 162 valence electrons. The predicted molar refractivity (Wildman–Crippen MR) is 102 cm³/mol. The van der Waals surface area contributed by atoms with Gasteiger partial charge in [-0.15, -0.1) is 0 Å². The van der Waals surface area contributed by atoms with E-state index in [1.54, 1.807) is 18.2 Å². The Morgan fingerprint density at radius 2 is 1.81 bits per heavy atom. The van der Waals surface area contributed by atoms with Gasteiger partial charge in [-0.1, -0.05) is 30.3 Å². The number of benzene rings is 1. The summed E-state index contributed by atoms with van der Waals surface area (Å²) in [5.74, 6) is -5.19. The maximum Gasteiger partial charge on any atom is 0.342 e. The molecular formula is C22H20O9. The molecule has 2 heterocycles. The van der Waals surface area contributed by atoms with E-state index in [4.69, 9.17) is 13.9 Å². The Balaban J connectivity index is 1.76. The van der Waals surface area contributed by atoms with E-state index >= 15 is 0 Å². The standard InChI is InChI=1S/C22H20O9/c1-29-12-7-14(31-15(23)8-12)17-20(26)9-13-10-21(17,27)22(28,19(25)30-13)18(20)16(24)11-5-3-2-4-6-11/h2-8,13,17-18,26-28H,9-10H2,1H3/t13?,17?,18-,20?,21?,22-/m1/s1. The van der Waals surface area contributed by atoms with Crippen LogP contribution in [0.2, 0.25) is 0 Å². The van der Waals surface area contributed by atoms with Crippen molar-refractivity contribution in [1.82, 2.24) is 0 Å². The van der Waals surface area contributed by atoms with Gasteiger partial charge in [-0.25, -0.2) is 9.59 Å². The Morgan fingerprint density at radius 3 is 2.48 bits per heavy atom. The van der Waals surface area contributed by atoms with E-state index in [1.165, 1.54) is 25.3 Å². The molecule has 5 rings (SSSR count). The van der Waals surface area contributed by atoms with Gasteiger partial charge in [-0.2, -0.15) is 0 Å². The van der Waals surface area contributed by atoms with E-state index in [0.717, 1.165) is 6.07 Å². The number of aliphatic hydroxyl groups is 3. The summed E-state index contributed by atoms with van der Waals surface area (Å²) in [6.45, 7) is 0. The third-order valence-corrected chi connectivity index (χ3v) is 6.84. The number of carbonyl (C=O) groups excluding carboxylic acids is 2. The maximum absolute atomic E-state index is 13.5. The van der Waals surface area contributed by atoms with Gasteiger partial charge in [0.25, 0.3) is 0 Å². The third kappa shape index (κ3) is 2.39. The van der Waals surface area contributed by atoms with Crippen molar-refractivity contribution in [1.29, 1.82) is 0 Å². The van der Waals surface area contributed by atoms with Crippen molar-refractivity contribution in [3.8, 4) is 5.75 Å². The Bertz CT molecular complexity index is 1140. The van der Waals surface area contributed by atoms with Crippen LogP contribution < -0.4 is 10.4 Å². The van der Waals surface area contributed by atoms with Crippen molar-refractivity contribution >= 4 is 11.8 Å². The highest BCUT2D eigenvalue weighted by Gasteiger charge is 2.85. The minimum atomic E-state index is -2.74. The first kappa shape index (κ1) is 19.9. The zero-order valence-electron chi connectivity index (χ0n) is 16.5. The highest BCUT2D eigenvalue weighted by Crippen LogP contribution is 2.67. The number of fused-ring (bicyclic) bond motifs is 2. The molecule has 2 saturated carbocycles. The van der Waals surface area contributed by atoms with E-state index in [2.05, 4.69) is 0 Å². The number of ketones is 1. The molecule has 1 saturated heterocycles. The molecule has 1 aliphatic heterocycles. The van der Waals surface area contributed by atoms with Gasteiger partial charge in [0.15, 0.2) is 5.78 Å². The molecule has 3 aliphatic rings. The molecule has 2 aromatic rings. The van der Waals surface area contributed by atoms with Gasteiger partial charge >= 0.3 is 11.6 Å². The second kappa shape index (κ2) is 6.25. The largest absolute Gasteiger partial charge is 0.496 e. The average Bonchev–Trinajstić information content (AvgIpc) is 2.76. The highest BCUT2D eigenvalue weighted by atomic mass is 16.6. The summed E-state index contributed by atoms with van der Waals surface area (Å²) in [5.41, 5.74) is -7.84. The third-order valence-electron chi connectivity index (χ3n) is 6.84. The molecule has 31 heavy (non-hydrogen) atoms. The van der Waals surface area contributed by atoms with Crippen LogP contribution in [-0.4, -0.2) is 57.1 Å². The molecule has 1 aromatic heterocycles. The lowest BCUT2D eigenvalue weighted by atomic mass is 9.67. The highest BCUT2D eigenvalue weighted by molar-refractivity contribution is 6.04.